The van der Waals surface area contributed by atoms with Crippen LogP contribution in [-0.4, -0.2) is 24.0 Å². The lowest BCUT2D eigenvalue weighted by Crippen LogP contribution is -2.50. The molecule has 0 heterocycles. The van der Waals surface area contributed by atoms with Crippen molar-refractivity contribution >= 4 is 11.9 Å². The van der Waals surface area contributed by atoms with Crippen LogP contribution in [0, 0.1) is 23.1 Å². The third kappa shape index (κ3) is 4.85. The van der Waals surface area contributed by atoms with Crippen molar-refractivity contribution in [1.29, 1.82) is 5.26 Å². The van der Waals surface area contributed by atoms with Gasteiger partial charge in [0.05, 0.1) is 12.5 Å². The number of nitrogens with one attached hydrogen (secondary N) is 1. The van der Waals surface area contributed by atoms with Crippen LogP contribution in [0.2, 0.25) is 0 Å². The van der Waals surface area contributed by atoms with E-state index in [9.17, 15) is 14.0 Å². The first-order chi connectivity index (χ1) is 10.3. The van der Waals surface area contributed by atoms with E-state index in [1.165, 1.54) is 18.2 Å². The molecule has 0 saturated heterocycles. The molecule has 0 saturated carbocycles. The number of nitrogens with zero attached hydrogens (tertiary/aromatic N) is 1. The zero-order valence-corrected chi connectivity index (χ0v) is 12.9. The lowest BCUT2D eigenvalue weighted by atomic mass is 9.90. The van der Waals surface area contributed by atoms with Crippen LogP contribution in [-0.2, 0) is 20.7 Å². The Hall–Kier alpha value is -2.42. The molecule has 0 bridgehead atoms. The number of esters is 1. The molecule has 1 aromatic rings. The fraction of sp³-hybridized carbons (Fsp3) is 0.438. The zero-order chi connectivity index (χ0) is 16.8. The Morgan fingerprint density at radius 1 is 1.41 bits per heavy atom. The largest absolute Gasteiger partial charge is 0.455 e. The second kappa shape index (κ2) is 7.55. The number of nitriles is 1. The van der Waals surface area contributed by atoms with Crippen molar-refractivity contribution < 1.29 is 18.7 Å². The van der Waals surface area contributed by atoms with Crippen LogP contribution >= 0.6 is 0 Å². The van der Waals surface area contributed by atoms with E-state index in [1.54, 1.807) is 26.8 Å². The number of amides is 1. The van der Waals surface area contributed by atoms with Crippen molar-refractivity contribution in [3.05, 3.63) is 35.6 Å². The van der Waals surface area contributed by atoms with Gasteiger partial charge in [-0.3, -0.25) is 9.59 Å². The second-order valence-electron chi connectivity index (χ2n) is 5.45. The van der Waals surface area contributed by atoms with Crippen molar-refractivity contribution in [2.45, 2.75) is 32.7 Å². The van der Waals surface area contributed by atoms with Gasteiger partial charge in [-0.25, -0.2) is 4.39 Å². The van der Waals surface area contributed by atoms with Crippen LogP contribution in [0.25, 0.3) is 0 Å². The Balaban J connectivity index is 2.50. The van der Waals surface area contributed by atoms with Gasteiger partial charge in [-0.1, -0.05) is 32.0 Å². The van der Waals surface area contributed by atoms with Crippen LogP contribution in [0.4, 0.5) is 4.39 Å². The number of carbonyl (C=O) groups excluding carboxylic acids is 2. The van der Waals surface area contributed by atoms with Gasteiger partial charge < -0.3 is 10.1 Å². The highest BCUT2D eigenvalue weighted by Gasteiger charge is 2.30. The van der Waals surface area contributed by atoms with Crippen LogP contribution < -0.4 is 5.32 Å². The number of hydrogen-bond donors (Lipinski definition) is 1. The summed E-state index contributed by atoms with van der Waals surface area (Å²) in [6.07, 6.45) is -0.250. The maximum atomic E-state index is 13.4. The molecular weight excluding hydrogens is 287 g/mol. The average molecular weight is 306 g/mol. The smallest absolute Gasteiger partial charge is 0.310 e. The molecule has 0 aliphatic heterocycles. The number of halogens is 1. The molecule has 6 heteroatoms. The minimum absolute atomic E-state index is 0.101. The van der Waals surface area contributed by atoms with Gasteiger partial charge in [-0.2, -0.15) is 5.26 Å². The molecule has 1 N–H and O–H groups in total. The number of ether oxygens (including phenoxy) is 1. The molecule has 118 valence electrons. The van der Waals surface area contributed by atoms with Crippen LogP contribution in [0.15, 0.2) is 24.3 Å². The van der Waals surface area contributed by atoms with E-state index in [0.717, 1.165) is 0 Å². The molecule has 5 nitrogen and oxygen atoms in total. The fourth-order valence-electron chi connectivity index (χ4n) is 1.62. The minimum Gasteiger partial charge on any atom is -0.455 e. The van der Waals surface area contributed by atoms with Crippen LogP contribution in [0.5, 0.6) is 0 Å². The van der Waals surface area contributed by atoms with Crippen LogP contribution in [0.3, 0.4) is 0 Å². The zero-order valence-electron chi connectivity index (χ0n) is 12.9. The van der Waals surface area contributed by atoms with E-state index < -0.39 is 29.8 Å². The summed E-state index contributed by atoms with van der Waals surface area (Å²) in [5, 5.41) is 11.6. The second-order valence-corrected chi connectivity index (χ2v) is 5.45. The fourth-order valence-corrected chi connectivity index (χ4v) is 1.62. The predicted molar refractivity (Wildman–Crippen MR) is 78.1 cm³/mol. The molecule has 1 rings (SSSR count). The van der Waals surface area contributed by atoms with Gasteiger partial charge in [0.15, 0.2) is 6.61 Å². The normalized spacial score (nSPS) is 13.1. The molecule has 0 spiro atoms. The molecule has 1 atom stereocenters. The highest BCUT2D eigenvalue weighted by atomic mass is 19.1. The standard InChI is InChI=1S/C16H19FN2O3/c1-11(2)16(3,10-18)19-14(20)9-22-15(21)8-12-6-4-5-7-13(12)17/h4-7,11H,8-9H2,1-3H3,(H,19,20)/t16-/m0/s1. The Morgan fingerprint density at radius 3 is 2.59 bits per heavy atom. The maximum absolute atomic E-state index is 13.4. The highest BCUT2D eigenvalue weighted by molar-refractivity contribution is 5.82. The lowest BCUT2D eigenvalue weighted by Gasteiger charge is -2.27. The molecule has 0 aliphatic carbocycles. The average Bonchev–Trinajstić information content (AvgIpc) is 2.47. The van der Waals surface area contributed by atoms with Crippen LogP contribution in [0.1, 0.15) is 26.3 Å². The molecule has 1 aromatic carbocycles. The Labute approximate surface area is 129 Å². The third-order valence-electron chi connectivity index (χ3n) is 3.44. The summed E-state index contributed by atoms with van der Waals surface area (Å²) in [6, 6.07) is 7.87. The predicted octanol–water partition coefficient (Wildman–Crippen LogP) is 1.97. The van der Waals surface area contributed by atoms with Gasteiger partial charge in [0.2, 0.25) is 0 Å². The monoisotopic (exact) mass is 306 g/mol. The van der Waals surface area contributed by atoms with Gasteiger partial charge in [0, 0.05) is 0 Å². The van der Waals surface area contributed by atoms with Gasteiger partial charge >= 0.3 is 5.97 Å². The maximum Gasteiger partial charge on any atom is 0.310 e. The molecule has 0 aliphatic rings. The van der Waals surface area contributed by atoms with Gasteiger partial charge in [-0.05, 0) is 24.5 Å². The molecule has 1 amide bonds. The molecule has 0 fully saturated rings. The summed E-state index contributed by atoms with van der Waals surface area (Å²) in [5.41, 5.74) is -0.827. The number of hydrogen-bond acceptors (Lipinski definition) is 4. The molecule has 0 radical (unpaired) electrons. The van der Waals surface area contributed by atoms with Crippen molar-refractivity contribution in [2.75, 3.05) is 6.61 Å². The van der Waals surface area contributed by atoms with E-state index in [4.69, 9.17) is 10.00 Å². The quantitative estimate of drug-likeness (QED) is 0.815. The minimum atomic E-state index is -1.03. The third-order valence-corrected chi connectivity index (χ3v) is 3.44. The van der Waals surface area contributed by atoms with E-state index in [1.807, 2.05) is 6.07 Å². The van der Waals surface area contributed by atoms with Gasteiger partial charge in [0.25, 0.3) is 5.91 Å². The van der Waals surface area contributed by atoms with Crippen molar-refractivity contribution in [3.63, 3.8) is 0 Å². The Morgan fingerprint density at radius 2 is 2.05 bits per heavy atom. The molecule has 0 unspecified atom stereocenters. The first-order valence-corrected chi connectivity index (χ1v) is 6.90. The topological polar surface area (TPSA) is 79.2 Å². The van der Waals surface area contributed by atoms with E-state index in [2.05, 4.69) is 5.32 Å². The summed E-state index contributed by atoms with van der Waals surface area (Å²) < 4.78 is 18.2. The van der Waals surface area contributed by atoms with E-state index >= 15 is 0 Å². The number of benzene rings is 1. The van der Waals surface area contributed by atoms with Crippen molar-refractivity contribution in [2.24, 2.45) is 5.92 Å². The Bertz CT molecular complexity index is 595. The summed E-state index contributed by atoms with van der Waals surface area (Å²) in [7, 11) is 0. The van der Waals surface area contributed by atoms with Gasteiger partial charge in [-0.15, -0.1) is 0 Å². The first kappa shape index (κ1) is 17.6. The number of rotatable bonds is 6. The summed E-state index contributed by atoms with van der Waals surface area (Å²) in [6.45, 7) is 4.69. The summed E-state index contributed by atoms with van der Waals surface area (Å²) in [4.78, 5) is 23.3. The molecule has 22 heavy (non-hydrogen) atoms. The molecular formula is C16H19FN2O3. The summed E-state index contributed by atoms with van der Waals surface area (Å²) in [5.74, 6) is -1.88. The Kier molecular flexibility index (Phi) is 6.05. The van der Waals surface area contributed by atoms with Crippen molar-refractivity contribution in [1.82, 2.24) is 5.32 Å². The summed E-state index contributed by atoms with van der Waals surface area (Å²) >= 11 is 0. The van der Waals surface area contributed by atoms with Gasteiger partial charge in [0.1, 0.15) is 11.4 Å². The lowest BCUT2D eigenvalue weighted by molar-refractivity contribution is -0.148. The van der Waals surface area contributed by atoms with Crippen molar-refractivity contribution in [3.8, 4) is 6.07 Å². The number of carbonyl (C=O) groups is 2. The molecule has 0 aromatic heterocycles. The SMILES string of the molecule is CC(C)[C@](C)(C#N)NC(=O)COC(=O)Cc1ccccc1F. The van der Waals surface area contributed by atoms with E-state index in [0.29, 0.717) is 0 Å². The van der Waals surface area contributed by atoms with E-state index in [-0.39, 0.29) is 17.9 Å². The first-order valence-electron chi connectivity index (χ1n) is 6.90. The highest BCUT2D eigenvalue weighted by Crippen LogP contribution is 2.14.